The van der Waals surface area contributed by atoms with Crippen LogP contribution >= 0.6 is 23.2 Å². The molecule has 2 fully saturated rings. The maximum Gasteiger partial charge on any atom is 0.253 e. The highest BCUT2D eigenvalue weighted by atomic mass is 35.5. The van der Waals surface area contributed by atoms with E-state index in [1.165, 1.54) is 6.07 Å². The van der Waals surface area contributed by atoms with Crippen LogP contribution in [0.3, 0.4) is 0 Å². The van der Waals surface area contributed by atoms with E-state index < -0.39 is 10.9 Å². The van der Waals surface area contributed by atoms with Crippen LogP contribution in [0, 0.1) is 5.82 Å². The van der Waals surface area contributed by atoms with Gasteiger partial charge in [0.1, 0.15) is 22.0 Å². The van der Waals surface area contributed by atoms with Crippen molar-refractivity contribution in [3.8, 4) is 11.5 Å². The molecule has 4 aliphatic rings. The second-order valence-corrected chi connectivity index (χ2v) is 11.3. The smallest absolute Gasteiger partial charge is 0.253 e. The van der Waals surface area contributed by atoms with Crippen molar-refractivity contribution in [1.29, 1.82) is 0 Å². The van der Waals surface area contributed by atoms with Crippen LogP contribution in [-0.4, -0.2) is 74.5 Å². The minimum absolute atomic E-state index is 0.227. The lowest BCUT2D eigenvalue weighted by atomic mass is 9.98. The van der Waals surface area contributed by atoms with Gasteiger partial charge in [-0.2, -0.15) is 0 Å². The van der Waals surface area contributed by atoms with E-state index in [1.807, 2.05) is 0 Å². The Hall–Kier alpha value is -2.92. The summed E-state index contributed by atoms with van der Waals surface area (Å²) in [7, 11) is 0. The molecule has 0 amide bonds. The molecule has 1 atom stereocenters. The Morgan fingerprint density at radius 3 is 2.56 bits per heavy atom. The summed E-state index contributed by atoms with van der Waals surface area (Å²) < 4.78 is 14.3. The summed E-state index contributed by atoms with van der Waals surface area (Å²) >= 11 is 12.5. The number of nitrogens with zero attached hydrogens (tertiary/aromatic N) is 4. The summed E-state index contributed by atoms with van der Waals surface area (Å²) in [6, 6.07) is 5.71. The molecule has 0 bridgehead atoms. The van der Waals surface area contributed by atoms with Crippen molar-refractivity contribution in [3.63, 3.8) is 0 Å². The van der Waals surface area contributed by atoms with Crippen molar-refractivity contribution in [3.05, 3.63) is 66.4 Å². The number of piperazine rings is 1. The first-order valence-corrected chi connectivity index (χ1v) is 14.1. The van der Waals surface area contributed by atoms with Gasteiger partial charge in [-0.3, -0.25) is 19.4 Å². The third-order valence-corrected chi connectivity index (χ3v) is 8.66. The van der Waals surface area contributed by atoms with E-state index in [-0.39, 0.29) is 16.9 Å². The van der Waals surface area contributed by atoms with E-state index >= 15 is 0 Å². The largest absolute Gasteiger partial charge is 0.355 e. The number of piperidine rings is 1. The fourth-order valence-corrected chi connectivity index (χ4v) is 6.40. The number of halogens is 3. The summed E-state index contributed by atoms with van der Waals surface area (Å²) in [6.45, 7) is 7.07. The first-order valence-electron chi connectivity index (χ1n) is 13.3. The highest BCUT2D eigenvalue weighted by molar-refractivity contribution is 6.32. The molecule has 0 aromatic heterocycles. The Morgan fingerprint density at radius 1 is 1.05 bits per heavy atom. The number of aromatic nitrogens is 4. The lowest BCUT2D eigenvalue weighted by molar-refractivity contribution is 0.0607. The maximum atomic E-state index is 14.3. The average molecular weight is 574 g/mol. The minimum atomic E-state index is -0.555. The number of likely N-dealkylation sites (tertiary alicyclic amines) is 1. The van der Waals surface area contributed by atoms with Crippen LogP contribution in [0.1, 0.15) is 31.7 Å². The molecular weight excluding hydrogens is 544 g/mol. The summed E-state index contributed by atoms with van der Waals surface area (Å²) in [6.07, 6.45) is 4.66. The first-order chi connectivity index (χ1) is 18.8. The predicted molar refractivity (Wildman–Crippen MR) is 152 cm³/mol. The molecule has 0 radical (unpaired) electrons. The van der Waals surface area contributed by atoms with Gasteiger partial charge in [-0.25, -0.2) is 9.37 Å². The highest BCUT2D eigenvalue weighted by Crippen LogP contribution is 2.31. The number of fused-ring (bicyclic) bond motifs is 2. The second kappa shape index (κ2) is 10.6. The number of H-pyrrole nitrogens is 3. The van der Waals surface area contributed by atoms with Crippen molar-refractivity contribution in [2.24, 2.45) is 0 Å². The van der Waals surface area contributed by atoms with Crippen LogP contribution in [0.25, 0.3) is 22.6 Å². The number of nitrogens with one attached hydrogen (secondary N) is 3. The molecule has 0 saturated carbocycles. The predicted octanol–water partition coefficient (Wildman–Crippen LogP) is 4.06. The molecule has 12 heteroatoms. The molecule has 0 aliphatic carbocycles. The summed E-state index contributed by atoms with van der Waals surface area (Å²) in [5.74, 6) is 0.826. The second-order valence-electron chi connectivity index (χ2n) is 10.4. The number of hydrogen-bond donors (Lipinski definition) is 3. The van der Waals surface area contributed by atoms with Crippen molar-refractivity contribution < 1.29 is 4.39 Å². The monoisotopic (exact) mass is 573 g/mol. The Kier molecular flexibility index (Phi) is 7.13. The van der Waals surface area contributed by atoms with E-state index in [9.17, 15) is 14.0 Å². The Balaban J connectivity index is 1.14. The van der Waals surface area contributed by atoms with E-state index in [0.29, 0.717) is 51.7 Å². The summed E-state index contributed by atoms with van der Waals surface area (Å²) in [5.41, 5.74) is 0.621. The van der Waals surface area contributed by atoms with Gasteiger partial charge in [-0.1, -0.05) is 36.2 Å². The van der Waals surface area contributed by atoms with Gasteiger partial charge in [0, 0.05) is 55.0 Å². The van der Waals surface area contributed by atoms with E-state index in [1.54, 1.807) is 18.3 Å². The Bertz CT molecular complexity index is 1590. The van der Waals surface area contributed by atoms with Crippen LogP contribution < -0.4 is 15.8 Å². The topological polar surface area (TPSA) is 104 Å². The van der Waals surface area contributed by atoms with Gasteiger partial charge in [0.05, 0.1) is 5.69 Å². The zero-order valence-corrected chi connectivity index (χ0v) is 23.1. The van der Waals surface area contributed by atoms with Gasteiger partial charge >= 0.3 is 0 Å². The molecule has 2 aromatic carbocycles. The van der Waals surface area contributed by atoms with Crippen molar-refractivity contribution in [2.45, 2.75) is 44.8 Å². The number of anilines is 1. The number of hydrogen-bond acceptors (Lipinski definition) is 6. The fraction of sp³-hybridized carbons (Fsp3) is 0.444. The molecule has 0 unspecified atom stereocenters. The van der Waals surface area contributed by atoms with Gasteiger partial charge < -0.3 is 19.9 Å². The van der Waals surface area contributed by atoms with Gasteiger partial charge in [0.15, 0.2) is 11.6 Å². The molecule has 0 spiro atoms. The van der Waals surface area contributed by atoms with Crippen LogP contribution in [-0.2, 0) is 6.54 Å². The van der Waals surface area contributed by atoms with Crippen molar-refractivity contribution in [2.75, 3.05) is 37.6 Å². The molecule has 4 heterocycles. The SMILES string of the molecule is CC[C@H]1CN(c2nc3[nH]c4c(=O)c(=O)c4[nH]cc-3[nH]c2Cl)CCN1C1CCN(Cc2ccc(Cl)cc2F)CC1. The van der Waals surface area contributed by atoms with Gasteiger partial charge in [-0.15, -0.1) is 0 Å². The van der Waals surface area contributed by atoms with E-state index in [2.05, 4.69) is 36.6 Å². The van der Waals surface area contributed by atoms with Crippen molar-refractivity contribution in [1.82, 2.24) is 29.7 Å². The standard InChI is InChI=1S/C27H30Cl2FN7O2/c1-2-17-14-36(27-25(29)32-20-12-31-21-22(24(39)23(21)38)33-26(20)34-27)9-10-37(17)18-5-7-35(8-6-18)13-15-3-4-16(28)11-19(15)30/h3-4,11-12,17-18,31-32H,2,5-10,13-14H2,1H3,(H,33,34)/t17-/m0/s1. The summed E-state index contributed by atoms with van der Waals surface area (Å²) in [5, 5.41) is 0.824. The number of aromatic amines is 3. The lowest BCUT2D eigenvalue weighted by Gasteiger charge is -2.47. The Labute approximate surface area is 234 Å². The van der Waals surface area contributed by atoms with Crippen LogP contribution in [0.4, 0.5) is 10.2 Å². The zero-order chi connectivity index (χ0) is 27.3. The van der Waals surface area contributed by atoms with Gasteiger partial charge in [0.2, 0.25) is 0 Å². The van der Waals surface area contributed by atoms with Crippen molar-refractivity contribution >= 4 is 40.1 Å². The average Bonchev–Trinajstić information content (AvgIpc) is 3.11. The van der Waals surface area contributed by atoms with Gasteiger partial charge in [-0.05, 0) is 44.5 Å². The molecule has 2 aromatic rings. The van der Waals surface area contributed by atoms with Crippen LogP contribution in [0.15, 0.2) is 34.0 Å². The molecule has 3 N–H and O–H groups in total. The van der Waals surface area contributed by atoms with Gasteiger partial charge in [0.25, 0.3) is 10.9 Å². The number of benzene rings is 1. The molecule has 206 valence electrons. The van der Waals surface area contributed by atoms with Crippen LogP contribution in [0.2, 0.25) is 10.2 Å². The molecule has 2 saturated heterocycles. The minimum Gasteiger partial charge on any atom is -0.355 e. The van der Waals surface area contributed by atoms with E-state index in [4.69, 9.17) is 28.2 Å². The zero-order valence-electron chi connectivity index (χ0n) is 21.6. The summed E-state index contributed by atoms with van der Waals surface area (Å²) in [4.78, 5) is 44.7. The molecular formula is C27H30Cl2FN7O2. The lowest BCUT2D eigenvalue weighted by Crippen LogP contribution is -2.58. The fourth-order valence-electron chi connectivity index (χ4n) is 5.98. The molecule has 9 nitrogen and oxygen atoms in total. The molecule has 4 aliphatic heterocycles. The maximum absolute atomic E-state index is 14.3. The first kappa shape index (κ1) is 26.3. The number of rotatable bonds is 5. The quantitative estimate of drug-likeness (QED) is 0.311. The van der Waals surface area contributed by atoms with E-state index in [0.717, 1.165) is 52.0 Å². The Morgan fingerprint density at radius 2 is 1.82 bits per heavy atom. The highest BCUT2D eigenvalue weighted by Gasteiger charge is 2.34. The van der Waals surface area contributed by atoms with Crippen LogP contribution in [0.5, 0.6) is 0 Å². The normalized spacial score (nSPS) is 19.9. The third kappa shape index (κ3) is 4.95. The molecule has 39 heavy (non-hydrogen) atoms. The molecule has 6 rings (SSSR count). The third-order valence-electron chi connectivity index (χ3n) is 8.16.